The molecule has 0 bridgehead atoms. The van der Waals surface area contributed by atoms with Crippen LogP contribution in [0, 0.1) is 0 Å². The molecule has 0 unspecified atom stereocenters. The van der Waals surface area contributed by atoms with Crippen LogP contribution in [0.4, 0.5) is 0 Å². The molecule has 3 aromatic carbocycles. The van der Waals surface area contributed by atoms with E-state index in [9.17, 15) is 0 Å². The Morgan fingerprint density at radius 1 is 0.298 bits per heavy atom. The van der Waals surface area contributed by atoms with Gasteiger partial charge in [-0.05, 0) is 125 Å². The van der Waals surface area contributed by atoms with Crippen LogP contribution in [-0.2, 0) is 37.9 Å². The summed E-state index contributed by atoms with van der Waals surface area (Å²) in [6.45, 7) is 10.6. The van der Waals surface area contributed by atoms with Crippen LogP contribution in [0.25, 0.3) is 90.1 Å². The Balaban J connectivity index is 0.858. The van der Waals surface area contributed by atoms with Gasteiger partial charge in [-0.1, -0.05) is 91.0 Å². The Kier molecular flexibility index (Phi) is 23.5. The molecule has 0 N–H and O–H groups in total. The van der Waals surface area contributed by atoms with Gasteiger partial charge in [-0.2, -0.15) is 0 Å². The van der Waals surface area contributed by atoms with Crippen molar-refractivity contribution < 1.29 is 47.4 Å². The van der Waals surface area contributed by atoms with Crippen LogP contribution in [0.15, 0.2) is 182 Å². The molecule has 434 valence electrons. The standard InChI is InChI=1S/C68H72N6O10/c1-49(81-40-38-79-36-34-77-32-30-75-3)47-83-67-18-10-16-61(73-67)65-45-57(43-63(71-65)59-14-5-7-28-69-59)53-24-20-51(21-25-53)55-12-9-13-56(42-55)52-22-26-54(27-23-52)58-44-64(60-15-6-8-29-70-60)72-66(46-58)62-17-11-19-68(74-62)84-48-50(2)82-41-39-80-37-35-78-33-31-76-4/h5-29,42-46,49-50H,30-41,47-48H2,1-4H3/t49-,50-/m0/s1. The Labute approximate surface area is 492 Å². The van der Waals surface area contributed by atoms with Crippen LogP contribution in [0.2, 0.25) is 0 Å². The summed E-state index contributed by atoms with van der Waals surface area (Å²) in [5, 5.41) is 0. The van der Waals surface area contributed by atoms with Crippen molar-refractivity contribution in [2.45, 2.75) is 26.1 Å². The molecule has 0 aliphatic carbocycles. The molecule has 6 aromatic heterocycles. The van der Waals surface area contributed by atoms with Gasteiger partial charge < -0.3 is 47.4 Å². The summed E-state index contributed by atoms with van der Waals surface area (Å²) in [7, 11) is 3.30. The largest absolute Gasteiger partial charge is 0.475 e. The molecule has 0 spiro atoms. The van der Waals surface area contributed by atoms with E-state index in [1.54, 1.807) is 26.6 Å². The molecule has 9 aromatic rings. The number of nitrogens with zero attached hydrogens (tertiary/aromatic N) is 6. The summed E-state index contributed by atoms with van der Waals surface area (Å²) in [4.78, 5) is 29.1. The van der Waals surface area contributed by atoms with Gasteiger partial charge in [-0.25, -0.2) is 19.9 Å². The Morgan fingerprint density at radius 2 is 0.643 bits per heavy atom. The summed E-state index contributed by atoms with van der Waals surface area (Å²) in [5.74, 6) is 0.955. The number of hydrogen-bond donors (Lipinski definition) is 0. The minimum Gasteiger partial charge on any atom is -0.475 e. The zero-order chi connectivity index (χ0) is 58.0. The highest BCUT2D eigenvalue weighted by molar-refractivity contribution is 5.80. The number of rotatable bonds is 34. The van der Waals surface area contributed by atoms with E-state index in [-0.39, 0.29) is 12.2 Å². The average Bonchev–Trinajstić information content (AvgIpc) is 3.75. The molecule has 16 nitrogen and oxygen atoms in total. The van der Waals surface area contributed by atoms with Crippen LogP contribution < -0.4 is 9.47 Å². The number of aromatic nitrogens is 6. The van der Waals surface area contributed by atoms with Gasteiger partial charge in [0.25, 0.3) is 0 Å². The lowest BCUT2D eigenvalue weighted by Crippen LogP contribution is -2.21. The van der Waals surface area contributed by atoms with E-state index in [2.05, 4.69) is 107 Å². The van der Waals surface area contributed by atoms with Crippen LogP contribution in [-0.4, -0.2) is 149 Å². The number of hydrogen-bond acceptors (Lipinski definition) is 16. The molecule has 0 aliphatic rings. The Bertz CT molecular complexity index is 3180. The number of methoxy groups -OCH3 is 2. The summed E-state index contributed by atoms with van der Waals surface area (Å²) in [6.07, 6.45) is 3.20. The average molecular weight is 1130 g/mol. The van der Waals surface area contributed by atoms with Crippen molar-refractivity contribution in [1.29, 1.82) is 0 Å². The monoisotopic (exact) mass is 1130 g/mol. The SMILES string of the molecule is COCCOCCOCCO[C@@H](C)COc1cccc(-c2cc(-c3ccc(-c4cccc(-c5ccc(-c6cc(-c7ccccn7)nc(-c7cccc(OC[C@H](C)OCCOCCOCCOC)n7)c6)cc5)c4)cc3)cc(-c3ccccn3)n2)n1. The molecule has 6 heterocycles. The fraction of sp³-hybridized carbons (Fsp3) is 0.294. The lowest BCUT2D eigenvalue weighted by atomic mass is 9.95. The van der Waals surface area contributed by atoms with Gasteiger partial charge in [0.15, 0.2) is 0 Å². The van der Waals surface area contributed by atoms with E-state index in [1.165, 1.54) is 0 Å². The highest BCUT2D eigenvalue weighted by atomic mass is 16.6. The summed E-state index contributed by atoms with van der Waals surface area (Å²) >= 11 is 0. The molecule has 84 heavy (non-hydrogen) atoms. The predicted molar refractivity (Wildman–Crippen MR) is 326 cm³/mol. The molecular weight excluding hydrogens is 1060 g/mol. The molecule has 0 amide bonds. The summed E-state index contributed by atoms with van der Waals surface area (Å²) in [6, 6.07) is 57.2. The van der Waals surface area contributed by atoms with Crippen molar-refractivity contribution in [3.8, 4) is 102 Å². The molecule has 2 atom stereocenters. The highest BCUT2D eigenvalue weighted by Gasteiger charge is 2.16. The lowest BCUT2D eigenvalue weighted by Gasteiger charge is -2.15. The highest BCUT2D eigenvalue weighted by Crippen LogP contribution is 2.35. The first kappa shape index (κ1) is 60.4. The van der Waals surface area contributed by atoms with Gasteiger partial charge in [0.05, 0.1) is 137 Å². The second kappa shape index (κ2) is 32.6. The molecular formula is C68H72N6O10. The van der Waals surface area contributed by atoms with E-state index in [1.807, 2.05) is 86.6 Å². The second-order valence-electron chi connectivity index (χ2n) is 19.6. The van der Waals surface area contributed by atoms with E-state index in [4.69, 9.17) is 67.3 Å². The Hall–Kier alpha value is -8.16. The van der Waals surface area contributed by atoms with E-state index in [0.717, 1.165) is 67.3 Å². The van der Waals surface area contributed by atoms with Crippen LogP contribution in [0.5, 0.6) is 11.8 Å². The maximum Gasteiger partial charge on any atom is 0.213 e. The fourth-order valence-electron chi connectivity index (χ4n) is 8.86. The molecule has 0 saturated carbocycles. The molecule has 0 aliphatic heterocycles. The molecule has 9 rings (SSSR count). The van der Waals surface area contributed by atoms with Gasteiger partial charge >= 0.3 is 0 Å². The van der Waals surface area contributed by atoms with Crippen molar-refractivity contribution in [2.75, 3.05) is 107 Å². The van der Waals surface area contributed by atoms with Crippen molar-refractivity contribution in [2.24, 2.45) is 0 Å². The maximum absolute atomic E-state index is 6.11. The topological polar surface area (TPSA) is 170 Å². The van der Waals surface area contributed by atoms with Crippen molar-refractivity contribution in [3.05, 3.63) is 182 Å². The predicted octanol–water partition coefficient (Wildman–Crippen LogP) is 12.3. The summed E-state index contributed by atoms with van der Waals surface area (Å²) in [5.41, 5.74) is 14.1. The van der Waals surface area contributed by atoms with Crippen LogP contribution >= 0.6 is 0 Å². The smallest absolute Gasteiger partial charge is 0.213 e. The van der Waals surface area contributed by atoms with E-state index in [0.29, 0.717) is 127 Å². The first-order valence-corrected chi connectivity index (χ1v) is 28.3. The third kappa shape index (κ3) is 18.4. The van der Waals surface area contributed by atoms with Crippen molar-refractivity contribution in [1.82, 2.24) is 29.9 Å². The van der Waals surface area contributed by atoms with Gasteiger partial charge in [0.2, 0.25) is 11.8 Å². The second-order valence-corrected chi connectivity index (χ2v) is 19.6. The number of benzene rings is 3. The third-order valence-corrected chi connectivity index (χ3v) is 13.2. The molecule has 0 fully saturated rings. The fourth-order valence-corrected chi connectivity index (χ4v) is 8.86. The molecule has 0 saturated heterocycles. The minimum absolute atomic E-state index is 0.174. The molecule has 16 heteroatoms. The Morgan fingerprint density at radius 3 is 1.02 bits per heavy atom. The normalized spacial score (nSPS) is 12.0. The van der Waals surface area contributed by atoms with Gasteiger partial charge in [0, 0.05) is 38.7 Å². The minimum atomic E-state index is -0.174. The van der Waals surface area contributed by atoms with Crippen molar-refractivity contribution in [3.63, 3.8) is 0 Å². The van der Waals surface area contributed by atoms with Gasteiger partial charge in [-0.3, -0.25) is 9.97 Å². The van der Waals surface area contributed by atoms with E-state index < -0.39 is 0 Å². The zero-order valence-corrected chi connectivity index (χ0v) is 48.1. The summed E-state index contributed by atoms with van der Waals surface area (Å²) < 4.78 is 56.1. The van der Waals surface area contributed by atoms with Gasteiger partial charge in [-0.15, -0.1) is 0 Å². The van der Waals surface area contributed by atoms with Crippen molar-refractivity contribution >= 4 is 0 Å². The first-order valence-electron chi connectivity index (χ1n) is 28.3. The number of pyridine rings is 6. The molecule has 0 radical (unpaired) electrons. The first-order chi connectivity index (χ1) is 41.4. The maximum atomic E-state index is 6.11. The van der Waals surface area contributed by atoms with E-state index >= 15 is 0 Å². The van der Waals surface area contributed by atoms with Gasteiger partial charge in [0.1, 0.15) is 13.2 Å². The lowest BCUT2D eigenvalue weighted by molar-refractivity contribution is -0.0224. The third-order valence-electron chi connectivity index (χ3n) is 13.2. The number of ether oxygens (including phenoxy) is 10. The quantitative estimate of drug-likeness (QED) is 0.0349. The van der Waals surface area contributed by atoms with Crippen LogP contribution in [0.1, 0.15) is 13.8 Å². The zero-order valence-electron chi connectivity index (χ0n) is 48.1. The van der Waals surface area contributed by atoms with Crippen LogP contribution in [0.3, 0.4) is 0 Å².